The molecule has 0 radical (unpaired) electrons. The Hall–Kier alpha value is -2.27. The number of amides is 1. The van der Waals surface area contributed by atoms with Crippen LogP contribution in [-0.2, 0) is 11.3 Å². The average Bonchev–Trinajstić information content (AvgIpc) is 2.45. The maximum absolute atomic E-state index is 14.6. The SMILES string of the molecule is COc1ccc(COC(N)=O)c(F)c1-c1cccc(Cl)c1. The summed E-state index contributed by atoms with van der Waals surface area (Å²) in [6.07, 6.45) is -0.963. The summed E-state index contributed by atoms with van der Waals surface area (Å²) in [6.45, 7) is -0.251. The molecule has 0 fully saturated rings. The van der Waals surface area contributed by atoms with E-state index in [1.165, 1.54) is 13.2 Å². The molecule has 0 aromatic heterocycles. The van der Waals surface area contributed by atoms with Crippen molar-refractivity contribution < 1.29 is 18.7 Å². The first kappa shape index (κ1) is 15.1. The molecular formula is C15H13ClFNO3. The Morgan fingerprint density at radius 2 is 2.10 bits per heavy atom. The molecule has 2 rings (SSSR count). The molecule has 0 spiro atoms. The summed E-state index contributed by atoms with van der Waals surface area (Å²) in [7, 11) is 1.45. The van der Waals surface area contributed by atoms with Gasteiger partial charge in [-0.15, -0.1) is 0 Å². The van der Waals surface area contributed by atoms with Crippen LogP contribution in [0.4, 0.5) is 9.18 Å². The van der Waals surface area contributed by atoms with Crippen molar-refractivity contribution >= 4 is 17.7 Å². The van der Waals surface area contributed by atoms with E-state index in [2.05, 4.69) is 4.74 Å². The molecule has 1 amide bonds. The van der Waals surface area contributed by atoms with Crippen LogP contribution < -0.4 is 10.5 Å². The third kappa shape index (κ3) is 3.44. The number of halogens is 2. The second-order valence-electron chi connectivity index (χ2n) is 4.23. The van der Waals surface area contributed by atoms with Gasteiger partial charge in [0.2, 0.25) is 0 Å². The number of nitrogens with two attached hydrogens (primary N) is 1. The van der Waals surface area contributed by atoms with Crippen LogP contribution in [-0.4, -0.2) is 13.2 Å². The van der Waals surface area contributed by atoms with E-state index in [0.717, 1.165) is 0 Å². The van der Waals surface area contributed by atoms with Crippen molar-refractivity contribution in [2.24, 2.45) is 5.73 Å². The number of hydrogen-bond donors (Lipinski definition) is 1. The van der Waals surface area contributed by atoms with Crippen molar-refractivity contribution in [1.29, 1.82) is 0 Å². The van der Waals surface area contributed by atoms with Crippen LogP contribution >= 0.6 is 11.6 Å². The highest BCUT2D eigenvalue weighted by Crippen LogP contribution is 2.35. The minimum atomic E-state index is -0.963. The Morgan fingerprint density at radius 3 is 2.71 bits per heavy atom. The molecule has 0 saturated carbocycles. The van der Waals surface area contributed by atoms with Crippen LogP contribution in [0.25, 0.3) is 11.1 Å². The van der Waals surface area contributed by atoms with Crippen LogP contribution in [0, 0.1) is 5.82 Å². The predicted molar refractivity (Wildman–Crippen MR) is 77.8 cm³/mol. The first-order valence-electron chi connectivity index (χ1n) is 6.06. The lowest BCUT2D eigenvalue weighted by Gasteiger charge is -2.13. The standard InChI is InChI=1S/C15H13ClFNO3/c1-20-12-6-5-10(8-21-15(18)19)14(17)13(12)9-3-2-4-11(16)7-9/h2-7H,8H2,1H3,(H2,18,19). The molecule has 2 aromatic rings. The highest BCUT2D eigenvalue weighted by molar-refractivity contribution is 6.30. The first-order chi connectivity index (χ1) is 10.0. The largest absolute Gasteiger partial charge is 0.496 e. The van der Waals surface area contributed by atoms with Gasteiger partial charge in [0.05, 0.1) is 12.7 Å². The zero-order valence-electron chi connectivity index (χ0n) is 11.2. The van der Waals surface area contributed by atoms with Crippen molar-refractivity contribution in [1.82, 2.24) is 0 Å². The number of hydrogen-bond acceptors (Lipinski definition) is 3. The zero-order chi connectivity index (χ0) is 15.4. The van der Waals surface area contributed by atoms with Gasteiger partial charge in [0, 0.05) is 10.6 Å². The molecule has 0 aliphatic heterocycles. The third-order valence-electron chi connectivity index (χ3n) is 2.89. The second-order valence-corrected chi connectivity index (χ2v) is 4.67. The summed E-state index contributed by atoms with van der Waals surface area (Å²) >= 11 is 5.94. The minimum Gasteiger partial charge on any atom is -0.496 e. The van der Waals surface area contributed by atoms with Gasteiger partial charge >= 0.3 is 6.09 Å². The Labute approximate surface area is 126 Å². The predicted octanol–water partition coefficient (Wildman–Crippen LogP) is 3.75. The summed E-state index contributed by atoms with van der Waals surface area (Å²) in [4.78, 5) is 10.6. The Balaban J connectivity index is 2.51. The van der Waals surface area contributed by atoms with Gasteiger partial charge in [-0.1, -0.05) is 23.7 Å². The minimum absolute atomic E-state index is 0.199. The van der Waals surface area contributed by atoms with E-state index in [1.807, 2.05) is 0 Å². The monoisotopic (exact) mass is 309 g/mol. The van der Waals surface area contributed by atoms with Gasteiger partial charge in [-0.25, -0.2) is 9.18 Å². The number of carbonyl (C=O) groups is 1. The molecule has 2 aromatic carbocycles. The number of carbonyl (C=O) groups excluding carboxylic acids is 1. The molecule has 0 aliphatic rings. The van der Waals surface area contributed by atoms with Crippen LogP contribution in [0.2, 0.25) is 5.02 Å². The number of primary amides is 1. The Bertz CT molecular complexity index is 676. The number of benzene rings is 2. The Morgan fingerprint density at radius 1 is 1.33 bits per heavy atom. The van der Waals surface area contributed by atoms with Crippen molar-refractivity contribution in [2.45, 2.75) is 6.61 Å². The van der Waals surface area contributed by atoms with E-state index in [1.54, 1.807) is 30.3 Å². The van der Waals surface area contributed by atoms with E-state index in [0.29, 0.717) is 16.3 Å². The lowest BCUT2D eigenvalue weighted by atomic mass is 10.0. The summed E-state index contributed by atoms with van der Waals surface area (Å²) in [5, 5.41) is 0.479. The van der Waals surface area contributed by atoms with E-state index in [9.17, 15) is 9.18 Å². The molecule has 0 atom stereocenters. The van der Waals surface area contributed by atoms with Crippen LogP contribution in [0.3, 0.4) is 0 Å². The summed E-state index contributed by atoms with van der Waals surface area (Å²) in [6, 6.07) is 9.82. The molecule has 0 heterocycles. The third-order valence-corrected chi connectivity index (χ3v) is 3.12. The smallest absolute Gasteiger partial charge is 0.404 e. The molecule has 0 saturated heterocycles. The van der Waals surface area contributed by atoms with Gasteiger partial charge in [-0.2, -0.15) is 0 Å². The van der Waals surface area contributed by atoms with Gasteiger partial charge in [0.1, 0.15) is 18.2 Å². The molecule has 110 valence electrons. The van der Waals surface area contributed by atoms with Crippen molar-refractivity contribution in [2.75, 3.05) is 7.11 Å². The summed E-state index contributed by atoms with van der Waals surface area (Å²) in [5.74, 6) is -0.185. The quantitative estimate of drug-likeness (QED) is 0.935. The van der Waals surface area contributed by atoms with Crippen molar-refractivity contribution in [3.63, 3.8) is 0 Å². The topological polar surface area (TPSA) is 61.6 Å². The molecule has 6 heteroatoms. The van der Waals surface area contributed by atoms with E-state index in [4.69, 9.17) is 22.1 Å². The molecule has 0 aliphatic carbocycles. The summed E-state index contributed by atoms with van der Waals surface area (Å²) in [5.41, 5.74) is 5.91. The van der Waals surface area contributed by atoms with Gasteiger partial charge < -0.3 is 15.2 Å². The Kier molecular flexibility index (Phi) is 4.65. The second kappa shape index (κ2) is 6.45. The number of rotatable bonds is 4. The molecule has 21 heavy (non-hydrogen) atoms. The van der Waals surface area contributed by atoms with E-state index in [-0.39, 0.29) is 17.7 Å². The van der Waals surface area contributed by atoms with Crippen LogP contribution in [0.5, 0.6) is 5.75 Å². The van der Waals surface area contributed by atoms with Gasteiger partial charge in [0.25, 0.3) is 0 Å². The summed E-state index contributed by atoms with van der Waals surface area (Å²) < 4.78 is 24.4. The maximum Gasteiger partial charge on any atom is 0.404 e. The fraction of sp³-hybridized carbons (Fsp3) is 0.133. The fourth-order valence-electron chi connectivity index (χ4n) is 1.94. The molecular weight excluding hydrogens is 297 g/mol. The van der Waals surface area contributed by atoms with Gasteiger partial charge in [-0.05, 0) is 29.8 Å². The van der Waals surface area contributed by atoms with Gasteiger partial charge in [-0.3, -0.25) is 0 Å². The maximum atomic E-state index is 14.6. The van der Waals surface area contributed by atoms with Crippen LogP contribution in [0.15, 0.2) is 36.4 Å². The average molecular weight is 310 g/mol. The molecule has 2 N–H and O–H groups in total. The normalized spacial score (nSPS) is 10.2. The zero-order valence-corrected chi connectivity index (χ0v) is 12.0. The van der Waals surface area contributed by atoms with E-state index < -0.39 is 11.9 Å². The number of methoxy groups -OCH3 is 1. The molecule has 4 nitrogen and oxygen atoms in total. The highest BCUT2D eigenvalue weighted by Gasteiger charge is 2.17. The van der Waals surface area contributed by atoms with Crippen LogP contribution in [0.1, 0.15) is 5.56 Å². The molecule has 0 bridgehead atoms. The lowest BCUT2D eigenvalue weighted by Crippen LogP contribution is -2.13. The lowest BCUT2D eigenvalue weighted by molar-refractivity contribution is 0.149. The molecule has 0 unspecified atom stereocenters. The van der Waals surface area contributed by atoms with Crippen molar-refractivity contribution in [3.05, 3.63) is 52.8 Å². The fourth-order valence-corrected chi connectivity index (χ4v) is 2.14. The highest BCUT2D eigenvalue weighted by atomic mass is 35.5. The number of ether oxygens (including phenoxy) is 2. The van der Waals surface area contributed by atoms with Crippen molar-refractivity contribution in [3.8, 4) is 16.9 Å². The first-order valence-corrected chi connectivity index (χ1v) is 6.44. The van der Waals surface area contributed by atoms with E-state index >= 15 is 0 Å². The van der Waals surface area contributed by atoms with Gasteiger partial charge in [0.15, 0.2) is 0 Å².